The van der Waals surface area contributed by atoms with Crippen molar-refractivity contribution in [2.45, 2.75) is 6.18 Å². The predicted molar refractivity (Wildman–Crippen MR) is 114 cm³/mol. The molecule has 172 valence electrons. The molecule has 0 saturated heterocycles. The number of benzene rings is 2. The summed E-state index contributed by atoms with van der Waals surface area (Å²) < 4.78 is 47.4. The smallest absolute Gasteiger partial charge is 0.380 e. The van der Waals surface area contributed by atoms with Crippen molar-refractivity contribution < 1.29 is 22.5 Å². The van der Waals surface area contributed by atoms with Crippen molar-refractivity contribution in [2.24, 2.45) is 0 Å². The molecule has 0 fully saturated rings. The molecule has 2 aromatic carbocycles. The summed E-state index contributed by atoms with van der Waals surface area (Å²) in [4.78, 5) is 16.8. The van der Waals surface area contributed by atoms with E-state index in [-0.39, 0.29) is 23.1 Å². The molecule has 11 nitrogen and oxygen atoms in total. The minimum Gasteiger partial charge on any atom is -0.380 e. The number of anilines is 3. The van der Waals surface area contributed by atoms with Gasteiger partial charge >= 0.3 is 6.18 Å². The third kappa shape index (κ3) is 3.66. The van der Waals surface area contributed by atoms with Crippen LogP contribution in [-0.2, 0) is 6.18 Å². The van der Waals surface area contributed by atoms with Crippen molar-refractivity contribution in [1.29, 1.82) is 0 Å². The lowest BCUT2D eigenvalue weighted by atomic mass is 10.2. The Labute approximate surface area is 187 Å². The summed E-state index contributed by atoms with van der Waals surface area (Å²) in [6.07, 6.45) is -3.48. The van der Waals surface area contributed by atoms with Crippen LogP contribution in [0.15, 0.2) is 59.4 Å². The second kappa shape index (κ2) is 7.61. The van der Waals surface area contributed by atoms with Gasteiger partial charge in [0.25, 0.3) is 5.91 Å². The fraction of sp³-hybridized carbons (Fsp3) is 0.0500. The monoisotopic (exact) mass is 469 g/mol. The molecule has 3 heterocycles. The fourth-order valence-corrected chi connectivity index (χ4v) is 3.29. The molecule has 5 N–H and O–H groups in total. The number of fused-ring (bicyclic) bond motifs is 1. The summed E-state index contributed by atoms with van der Waals surface area (Å²) >= 11 is 0. The van der Waals surface area contributed by atoms with Crippen molar-refractivity contribution >= 4 is 34.3 Å². The molecule has 0 aliphatic heterocycles. The van der Waals surface area contributed by atoms with Crippen LogP contribution in [0.1, 0.15) is 16.2 Å². The number of carbonyl (C=O) groups excluding carboxylic acids is 1. The Morgan fingerprint density at radius 2 is 1.74 bits per heavy atom. The Morgan fingerprint density at radius 1 is 1.00 bits per heavy atom. The third-order valence-corrected chi connectivity index (χ3v) is 4.90. The molecule has 14 heteroatoms. The molecule has 5 aromatic rings. The number of aromatic nitrogens is 6. The van der Waals surface area contributed by atoms with Gasteiger partial charge in [0, 0.05) is 11.8 Å². The number of nitrogens with one attached hydrogen (secondary N) is 1. The maximum atomic E-state index is 13.4. The summed E-state index contributed by atoms with van der Waals surface area (Å²) in [7, 11) is 0. The quantitative estimate of drug-likeness (QED) is 0.363. The van der Waals surface area contributed by atoms with Crippen molar-refractivity contribution in [3.8, 4) is 11.4 Å². The number of nitrogens with two attached hydrogens (primary N) is 2. The molecule has 0 saturated carbocycles. The van der Waals surface area contributed by atoms with E-state index in [1.165, 1.54) is 29.2 Å². The highest BCUT2D eigenvalue weighted by molar-refractivity contribution is 6.03. The molecular weight excluding hydrogens is 455 g/mol. The number of hydrogen-bond donors (Lipinski definition) is 3. The standard InChI is InChI=1S/C20H14F3N9O2/c21-20(22,23)16-8-14(31(29-16)12-5-6-15-13(7-12)17(24)30-34-15)18(33)28-10-1-3-11(4-2-10)32-19(25)26-9-27-32/h1-9H,(H2,24,30)(H,28,33)(H2,25,26,27). The first-order valence-electron chi connectivity index (χ1n) is 9.60. The van der Waals surface area contributed by atoms with Crippen molar-refractivity contribution in [3.63, 3.8) is 0 Å². The van der Waals surface area contributed by atoms with E-state index in [2.05, 4.69) is 25.7 Å². The van der Waals surface area contributed by atoms with Crippen molar-refractivity contribution in [1.82, 2.24) is 29.7 Å². The average molecular weight is 469 g/mol. The largest absolute Gasteiger partial charge is 0.435 e. The first-order chi connectivity index (χ1) is 16.2. The van der Waals surface area contributed by atoms with E-state index in [4.69, 9.17) is 16.0 Å². The first-order valence-corrected chi connectivity index (χ1v) is 9.60. The van der Waals surface area contributed by atoms with E-state index in [1.54, 1.807) is 24.3 Å². The number of amides is 1. The normalized spacial score (nSPS) is 11.7. The molecule has 5 rings (SSSR count). The van der Waals surface area contributed by atoms with Crippen LogP contribution >= 0.6 is 0 Å². The van der Waals surface area contributed by atoms with E-state index in [0.29, 0.717) is 28.4 Å². The summed E-state index contributed by atoms with van der Waals surface area (Å²) in [5.41, 5.74) is 11.3. The van der Waals surface area contributed by atoms with E-state index in [9.17, 15) is 18.0 Å². The van der Waals surface area contributed by atoms with Gasteiger partial charge in [-0.3, -0.25) is 4.79 Å². The van der Waals surface area contributed by atoms with Gasteiger partial charge in [-0.2, -0.15) is 33.0 Å². The van der Waals surface area contributed by atoms with Crippen LogP contribution in [0.4, 0.5) is 30.6 Å². The van der Waals surface area contributed by atoms with Crippen molar-refractivity contribution in [2.75, 3.05) is 16.8 Å². The molecule has 0 aliphatic rings. The number of alkyl halides is 3. The van der Waals surface area contributed by atoms with E-state index in [1.807, 2.05) is 0 Å². The van der Waals surface area contributed by atoms with Crippen LogP contribution in [0, 0.1) is 0 Å². The highest BCUT2D eigenvalue weighted by atomic mass is 19.4. The Balaban J connectivity index is 1.49. The fourth-order valence-electron chi connectivity index (χ4n) is 3.29. The molecule has 0 aliphatic carbocycles. The zero-order chi connectivity index (χ0) is 24.0. The topological polar surface area (TPSA) is 156 Å². The lowest BCUT2D eigenvalue weighted by molar-refractivity contribution is -0.141. The minimum atomic E-state index is -4.76. The third-order valence-electron chi connectivity index (χ3n) is 4.90. The highest BCUT2D eigenvalue weighted by Crippen LogP contribution is 2.31. The molecule has 3 aromatic heterocycles. The Morgan fingerprint density at radius 3 is 2.41 bits per heavy atom. The number of hydrogen-bond acceptors (Lipinski definition) is 8. The highest BCUT2D eigenvalue weighted by Gasteiger charge is 2.36. The van der Waals surface area contributed by atoms with Crippen LogP contribution in [-0.4, -0.2) is 35.6 Å². The van der Waals surface area contributed by atoms with Gasteiger partial charge in [0.1, 0.15) is 12.0 Å². The van der Waals surface area contributed by atoms with Gasteiger partial charge < -0.3 is 21.3 Å². The van der Waals surface area contributed by atoms with Gasteiger partial charge in [-0.25, -0.2) is 4.68 Å². The van der Waals surface area contributed by atoms with Crippen LogP contribution in [0.2, 0.25) is 0 Å². The molecule has 0 radical (unpaired) electrons. The van der Waals surface area contributed by atoms with E-state index < -0.39 is 17.8 Å². The van der Waals surface area contributed by atoms with E-state index in [0.717, 1.165) is 4.68 Å². The lowest BCUT2D eigenvalue weighted by Gasteiger charge is -2.09. The second-order valence-electron chi connectivity index (χ2n) is 7.10. The predicted octanol–water partition coefficient (Wildman–Crippen LogP) is 3.03. The van der Waals surface area contributed by atoms with Crippen LogP contribution < -0.4 is 16.8 Å². The molecule has 1 amide bonds. The first kappa shape index (κ1) is 21.0. The van der Waals surface area contributed by atoms with Crippen LogP contribution in [0.5, 0.6) is 0 Å². The van der Waals surface area contributed by atoms with E-state index >= 15 is 0 Å². The molecule has 0 spiro atoms. The van der Waals surface area contributed by atoms with Gasteiger partial charge in [-0.05, 0) is 42.5 Å². The SMILES string of the molecule is Nc1noc2ccc(-n3nc(C(F)(F)F)cc3C(=O)Nc3ccc(-n4ncnc4N)cc3)cc12. The maximum absolute atomic E-state index is 13.4. The molecular formula is C20H14F3N9O2. The number of carbonyl (C=O) groups is 1. The Kier molecular flexibility index (Phi) is 4.70. The number of rotatable bonds is 4. The van der Waals surface area contributed by atoms with Gasteiger partial charge in [0.05, 0.1) is 16.8 Å². The lowest BCUT2D eigenvalue weighted by Crippen LogP contribution is -2.17. The van der Waals surface area contributed by atoms with Crippen LogP contribution in [0.3, 0.4) is 0 Å². The van der Waals surface area contributed by atoms with Gasteiger partial charge in [-0.1, -0.05) is 5.16 Å². The van der Waals surface area contributed by atoms with Gasteiger partial charge in [-0.15, -0.1) is 0 Å². The summed E-state index contributed by atoms with van der Waals surface area (Å²) in [5.74, 6) is -0.584. The second-order valence-corrected chi connectivity index (χ2v) is 7.10. The Bertz CT molecular complexity index is 1520. The average Bonchev–Trinajstić information content (AvgIpc) is 3.52. The van der Waals surface area contributed by atoms with Gasteiger partial charge in [0.2, 0.25) is 5.95 Å². The van der Waals surface area contributed by atoms with Crippen LogP contribution in [0.25, 0.3) is 22.3 Å². The summed E-state index contributed by atoms with van der Waals surface area (Å²) in [6.45, 7) is 0. The van der Waals surface area contributed by atoms with Crippen molar-refractivity contribution in [3.05, 3.63) is 66.2 Å². The zero-order valence-electron chi connectivity index (χ0n) is 17.0. The zero-order valence-corrected chi connectivity index (χ0v) is 17.0. The molecule has 0 unspecified atom stereocenters. The van der Waals surface area contributed by atoms with Gasteiger partial charge in [0.15, 0.2) is 17.1 Å². The molecule has 0 bridgehead atoms. The maximum Gasteiger partial charge on any atom is 0.435 e. The molecule has 0 atom stereocenters. The summed E-state index contributed by atoms with van der Waals surface area (Å²) in [5, 5.41) is 14.1. The molecule has 34 heavy (non-hydrogen) atoms. The minimum absolute atomic E-state index is 0.0548. The Hall–Kier alpha value is -4.88. The number of halogens is 3. The summed E-state index contributed by atoms with van der Waals surface area (Å²) in [6, 6.07) is 11.3. The number of nitrogens with zero attached hydrogens (tertiary/aromatic N) is 6. The number of nitrogen functional groups attached to an aromatic ring is 2.